The van der Waals surface area contributed by atoms with Crippen LogP contribution in [-0.4, -0.2) is 7.11 Å². The van der Waals surface area contributed by atoms with Gasteiger partial charge in [0.1, 0.15) is 5.75 Å². The summed E-state index contributed by atoms with van der Waals surface area (Å²) in [6.45, 7) is 9.36. The lowest BCUT2D eigenvalue weighted by molar-refractivity contribution is 0.416. The lowest BCUT2D eigenvalue weighted by atomic mass is 9.82. The van der Waals surface area contributed by atoms with Gasteiger partial charge in [0.2, 0.25) is 0 Å². The van der Waals surface area contributed by atoms with E-state index in [1.165, 1.54) is 55.6 Å². The van der Waals surface area contributed by atoms with Crippen LogP contribution in [0.2, 0.25) is 0 Å². The molecule has 2 aliphatic rings. The summed E-state index contributed by atoms with van der Waals surface area (Å²) in [5.41, 5.74) is 18.4. The topological polar surface area (TPSA) is 12.5 Å². The number of anilines is 3. The largest absolute Gasteiger partial charge is 0.496 e. The molecule has 0 aromatic heterocycles. The lowest BCUT2D eigenvalue weighted by Gasteiger charge is -2.30. The van der Waals surface area contributed by atoms with Gasteiger partial charge >= 0.3 is 0 Å². The minimum atomic E-state index is -0.123. The molecule has 2 aliphatic carbocycles. The molecule has 0 saturated heterocycles. The van der Waals surface area contributed by atoms with Crippen LogP contribution in [0.15, 0.2) is 158 Å². The van der Waals surface area contributed by atoms with E-state index in [1.54, 1.807) is 7.11 Å². The Morgan fingerprint density at radius 2 is 0.961 bits per heavy atom. The molecule has 0 spiro atoms. The molecule has 0 fully saturated rings. The summed E-state index contributed by atoms with van der Waals surface area (Å²) < 4.78 is 6.19. The Morgan fingerprint density at radius 3 is 1.67 bits per heavy atom. The van der Waals surface area contributed by atoms with E-state index in [-0.39, 0.29) is 10.8 Å². The monoisotopic (exact) mass is 659 g/mol. The zero-order valence-corrected chi connectivity index (χ0v) is 29.9. The molecule has 0 unspecified atom stereocenters. The van der Waals surface area contributed by atoms with Crippen LogP contribution in [0.1, 0.15) is 49.9 Å². The number of fused-ring (bicyclic) bond motifs is 6. The molecule has 2 nitrogen and oxygen atoms in total. The minimum absolute atomic E-state index is 0.0601. The third kappa shape index (κ3) is 4.77. The Morgan fingerprint density at radius 1 is 0.412 bits per heavy atom. The van der Waals surface area contributed by atoms with Crippen LogP contribution < -0.4 is 9.64 Å². The lowest BCUT2D eigenvalue weighted by Crippen LogP contribution is -2.17. The maximum Gasteiger partial charge on any atom is 0.128 e. The molecule has 51 heavy (non-hydrogen) atoms. The molecular formula is C49H41NO. The smallest absolute Gasteiger partial charge is 0.128 e. The summed E-state index contributed by atoms with van der Waals surface area (Å²) in [5.74, 6) is 0.845. The second kappa shape index (κ2) is 11.6. The van der Waals surface area contributed by atoms with Gasteiger partial charge in [-0.25, -0.2) is 0 Å². The first-order valence-electron chi connectivity index (χ1n) is 17.9. The zero-order chi connectivity index (χ0) is 34.9. The molecule has 2 heteroatoms. The molecule has 248 valence electrons. The van der Waals surface area contributed by atoms with E-state index in [2.05, 4.69) is 190 Å². The molecule has 0 radical (unpaired) electrons. The molecule has 7 aromatic carbocycles. The number of hydrogen-bond donors (Lipinski definition) is 0. The van der Waals surface area contributed by atoms with Crippen molar-refractivity contribution in [1.82, 2.24) is 0 Å². The summed E-state index contributed by atoms with van der Waals surface area (Å²) in [6.07, 6.45) is 0. The summed E-state index contributed by atoms with van der Waals surface area (Å²) in [4.78, 5) is 2.41. The first kappa shape index (κ1) is 31.1. The van der Waals surface area contributed by atoms with Crippen molar-refractivity contribution in [1.29, 1.82) is 0 Å². The van der Waals surface area contributed by atoms with Gasteiger partial charge in [-0.3, -0.25) is 0 Å². The normalized spacial score (nSPS) is 14.3. The molecule has 0 atom stereocenters. The third-order valence-electron chi connectivity index (χ3n) is 11.4. The Balaban J connectivity index is 1.26. The molecule has 0 aliphatic heterocycles. The number of methoxy groups -OCH3 is 1. The molecule has 0 heterocycles. The van der Waals surface area contributed by atoms with Crippen molar-refractivity contribution < 1.29 is 4.74 Å². The molecule has 0 amide bonds. The number of hydrogen-bond acceptors (Lipinski definition) is 2. The fraction of sp³-hybridized carbons (Fsp3) is 0.143. The number of nitrogens with zero attached hydrogens (tertiary/aromatic N) is 1. The van der Waals surface area contributed by atoms with Crippen molar-refractivity contribution in [2.45, 2.75) is 38.5 Å². The van der Waals surface area contributed by atoms with Gasteiger partial charge in [0.25, 0.3) is 0 Å². The standard InChI is InChI=1S/C49H41NO/c1-48(2)42-19-12-10-17-38(42)40-30-34(24-29-43(40)48)47-45(20-13-21-46(47)51-5)50(35-25-22-33(23-26-35)32-14-7-6-8-15-32)36-27-28-39-37-16-9-11-18-41(37)49(3,4)44(39)31-36/h6-31H,1-5H3. The molecule has 0 bridgehead atoms. The molecule has 0 N–H and O–H groups in total. The molecule has 9 rings (SSSR count). The first-order valence-corrected chi connectivity index (χ1v) is 17.9. The van der Waals surface area contributed by atoms with Gasteiger partial charge in [0.15, 0.2) is 0 Å². The maximum atomic E-state index is 6.19. The average molecular weight is 660 g/mol. The van der Waals surface area contributed by atoms with Gasteiger partial charge in [0, 0.05) is 27.8 Å². The van der Waals surface area contributed by atoms with Crippen LogP contribution >= 0.6 is 0 Å². The SMILES string of the molecule is COc1cccc(N(c2ccc(-c3ccccc3)cc2)c2ccc3c(c2)C(C)(C)c2ccccc2-3)c1-c1ccc2c(c1)-c1ccccc1C2(C)C. The van der Waals surface area contributed by atoms with Gasteiger partial charge in [-0.2, -0.15) is 0 Å². The van der Waals surface area contributed by atoms with Crippen molar-refractivity contribution in [3.63, 3.8) is 0 Å². The quantitative estimate of drug-likeness (QED) is 0.176. The molecular weight excluding hydrogens is 619 g/mol. The highest BCUT2D eigenvalue weighted by Gasteiger charge is 2.37. The van der Waals surface area contributed by atoms with Crippen LogP contribution in [0, 0.1) is 0 Å². The third-order valence-corrected chi connectivity index (χ3v) is 11.4. The first-order chi connectivity index (χ1) is 24.8. The van der Waals surface area contributed by atoms with Gasteiger partial charge < -0.3 is 9.64 Å². The highest BCUT2D eigenvalue weighted by molar-refractivity contribution is 5.95. The summed E-state index contributed by atoms with van der Waals surface area (Å²) in [5, 5.41) is 0. The molecule has 7 aromatic rings. The Hall–Kier alpha value is -5.86. The Kier molecular flexibility index (Phi) is 7.09. The second-order valence-corrected chi connectivity index (χ2v) is 14.9. The Bertz CT molecular complexity index is 2450. The van der Waals surface area contributed by atoms with E-state index in [0.29, 0.717) is 0 Å². The van der Waals surface area contributed by atoms with Gasteiger partial charge in [-0.1, -0.05) is 143 Å². The summed E-state index contributed by atoms with van der Waals surface area (Å²) in [6, 6.07) is 57.7. The number of rotatable bonds is 6. The van der Waals surface area contributed by atoms with E-state index in [4.69, 9.17) is 4.74 Å². The molecule has 0 saturated carbocycles. The number of ether oxygens (including phenoxy) is 1. The predicted molar refractivity (Wildman–Crippen MR) is 214 cm³/mol. The fourth-order valence-corrected chi connectivity index (χ4v) is 8.73. The van der Waals surface area contributed by atoms with Crippen LogP contribution in [0.25, 0.3) is 44.5 Å². The van der Waals surface area contributed by atoms with Crippen molar-refractivity contribution in [3.05, 3.63) is 180 Å². The van der Waals surface area contributed by atoms with Crippen LogP contribution in [-0.2, 0) is 10.8 Å². The van der Waals surface area contributed by atoms with Crippen molar-refractivity contribution in [3.8, 4) is 50.3 Å². The van der Waals surface area contributed by atoms with E-state index >= 15 is 0 Å². The zero-order valence-electron chi connectivity index (χ0n) is 29.9. The minimum Gasteiger partial charge on any atom is -0.496 e. The Labute approximate surface area is 301 Å². The second-order valence-electron chi connectivity index (χ2n) is 14.9. The fourth-order valence-electron chi connectivity index (χ4n) is 8.73. The van der Waals surface area contributed by atoms with Crippen molar-refractivity contribution in [2.75, 3.05) is 12.0 Å². The van der Waals surface area contributed by atoms with Crippen molar-refractivity contribution in [2.24, 2.45) is 0 Å². The van der Waals surface area contributed by atoms with Gasteiger partial charge in [-0.05, 0) is 104 Å². The van der Waals surface area contributed by atoms with Gasteiger partial charge in [0.05, 0.1) is 12.8 Å². The van der Waals surface area contributed by atoms with Crippen LogP contribution in [0.5, 0.6) is 5.75 Å². The number of benzene rings is 7. The van der Waals surface area contributed by atoms with Crippen LogP contribution in [0.4, 0.5) is 17.1 Å². The summed E-state index contributed by atoms with van der Waals surface area (Å²) >= 11 is 0. The van der Waals surface area contributed by atoms with E-state index in [9.17, 15) is 0 Å². The maximum absolute atomic E-state index is 6.19. The van der Waals surface area contributed by atoms with E-state index in [1.807, 2.05) is 0 Å². The predicted octanol–water partition coefficient (Wildman–Crippen LogP) is 13.1. The van der Waals surface area contributed by atoms with Crippen molar-refractivity contribution >= 4 is 17.1 Å². The van der Waals surface area contributed by atoms with E-state index in [0.717, 1.165) is 33.9 Å². The van der Waals surface area contributed by atoms with Gasteiger partial charge in [-0.15, -0.1) is 0 Å². The average Bonchev–Trinajstić information content (AvgIpc) is 3.54. The van der Waals surface area contributed by atoms with Crippen LogP contribution in [0.3, 0.4) is 0 Å². The highest BCUT2D eigenvalue weighted by Crippen LogP contribution is 2.54. The summed E-state index contributed by atoms with van der Waals surface area (Å²) in [7, 11) is 1.78. The van der Waals surface area contributed by atoms with E-state index < -0.39 is 0 Å². The highest BCUT2D eigenvalue weighted by atomic mass is 16.5.